The van der Waals surface area contributed by atoms with E-state index in [0.29, 0.717) is 0 Å². The fourth-order valence-electron chi connectivity index (χ4n) is 3.26. The van der Waals surface area contributed by atoms with Gasteiger partial charge in [0.2, 0.25) is 0 Å². The van der Waals surface area contributed by atoms with Crippen molar-refractivity contribution in [2.45, 2.75) is 25.4 Å². The third kappa shape index (κ3) is 4.81. The molecule has 0 saturated carbocycles. The van der Waals surface area contributed by atoms with Crippen LogP contribution in [-0.2, 0) is 0 Å². The van der Waals surface area contributed by atoms with E-state index in [-0.39, 0.29) is 15.8 Å². The Morgan fingerprint density at radius 1 is 0.704 bits per heavy atom. The van der Waals surface area contributed by atoms with Gasteiger partial charge in [-0.25, -0.2) is 0 Å². The van der Waals surface area contributed by atoms with Crippen LogP contribution in [-0.4, -0.2) is 11.8 Å². The minimum atomic E-state index is -0.268. The predicted octanol–water partition coefficient (Wildman–Crippen LogP) is 6.67. The van der Waals surface area contributed by atoms with Crippen molar-refractivity contribution in [2.75, 3.05) is 6.16 Å². The van der Waals surface area contributed by atoms with Crippen LogP contribution in [0.15, 0.2) is 70.1 Å². The van der Waals surface area contributed by atoms with Crippen LogP contribution < -0.4 is 18.5 Å². The molecular weight excluding hydrogens is 442 g/mol. The van der Waals surface area contributed by atoms with Gasteiger partial charge in [-0.15, -0.1) is 45.3 Å². The van der Waals surface area contributed by atoms with Gasteiger partial charge in [-0.1, -0.05) is 37.6 Å². The summed E-state index contributed by atoms with van der Waals surface area (Å²) < 4.78 is 6.36. The Bertz CT molecular complexity index is 812. The largest absolute Gasteiger partial charge is 0.144 e. The summed E-state index contributed by atoms with van der Waals surface area (Å²) >= 11 is 7.79. The lowest BCUT2D eigenvalue weighted by molar-refractivity contribution is 0.788. The van der Waals surface area contributed by atoms with Crippen LogP contribution in [0.2, 0.25) is 0 Å². The lowest BCUT2D eigenvalue weighted by Crippen LogP contribution is -2.24. The highest BCUT2D eigenvalue weighted by molar-refractivity contribution is 7.85. The smallest absolute Gasteiger partial charge is 0.0334 e. The molecule has 4 heterocycles. The summed E-state index contributed by atoms with van der Waals surface area (Å²) in [5.41, 5.74) is 0.748. The summed E-state index contributed by atoms with van der Waals surface area (Å²) in [6.45, 7) is 2.35. The predicted molar refractivity (Wildman–Crippen MR) is 133 cm³/mol. The van der Waals surface area contributed by atoms with Gasteiger partial charge in [-0.2, -0.15) is 0 Å². The van der Waals surface area contributed by atoms with Gasteiger partial charge in [0.15, 0.2) is 0 Å². The van der Waals surface area contributed by atoms with Crippen molar-refractivity contribution in [3.05, 3.63) is 70.1 Å². The number of rotatable bonds is 9. The molecule has 0 N–H and O–H groups in total. The van der Waals surface area contributed by atoms with E-state index in [1.54, 1.807) is 18.5 Å². The van der Waals surface area contributed by atoms with Crippen LogP contribution in [0.1, 0.15) is 19.8 Å². The lowest BCUT2D eigenvalue weighted by Gasteiger charge is -2.29. The van der Waals surface area contributed by atoms with Crippen molar-refractivity contribution in [3.63, 3.8) is 0 Å². The Balaban J connectivity index is 1.70. The molecule has 4 aromatic heterocycles. The molecule has 0 aliphatic carbocycles. The molecule has 0 aromatic carbocycles. The molecule has 4 rings (SSSR count). The van der Waals surface area contributed by atoms with Crippen molar-refractivity contribution in [3.8, 4) is 0 Å². The molecule has 0 nitrogen and oxygen atoms in total. The normalized spacial score (nSPS) is 12.9. The molecule has 0 fully saturated rings. The molecule has 0 amide bonds. The highest BCUT2D eigenvalue weighted by Gasteiger charge is 2.30. The van der Waals surface area contributed by atoms with Crippen LogP contribution in [0.3, 0.4) is 0 Å². The quantitative estimate of drug-likeness (QED) is 0.243. The molecule has 0 aliphatic heterocycles. The van der Waals surface area contributed by atoms with E-state index in [1.807, 2.05) is 45.3 Å². The Morgan fingerprint density at radius 2 is 1.15 bits per heavy atom. The maximum Gasteiger partial charge on any atom is 0.0334 e. The molecule has 0 spiro atoms. The molecule has 140 valence electrons. The van der Waals surface area contributed by atoms with E-state index in [9.17, 15) is 0 Å². The van der Waals surface area contributed by atoms with E-state index in [1.165, 1.54) is 19.0 Å². The Hall–Kier alpha value is -0.340. The Kier molecular flexibility index (Phi) is 7.33. The summed E-state index contributed by atoms with van der Waals surface area (Å²) in [6.07, 6.45) is 3.89. The maximum atomic E-state index is 2.37. The van der Waals surface area contributed by atoms with Crippen molar-refractivity contribution in [1.29, 1.82) is 0 Å². The highest BCUT2D eigenvalue weighted by atomic mass is 32.1. The van der Waals surface area contributed by atoms with Gasteiger partial charge in [-0.05, 0) is 79.9 Å². The van der Waals surface area contributed by atoms with Crippen molar-refractivity contribution in [2.24, 2.45) is 0 Å². The lowest BCUT2D eigenvalue weighted by atomic mass is 10.3. The van der Waals surface area contributed by atoms with Gasteiger partial charge in [0.05, 0.1) is 0 Å². The van der Waals surface area contributed by atoms with Crippen LogP contribution >= 0.6 is 61.2 Å². The zero-order chi connectivity index (χ0) is 18.5. The standard InChI is InChI=1S/C21H22P2S4/c1-2-7-17(23(20-10-5-14-26-20)21-11-6-15-27-21)16-22(18-8-3-12-24-18)19-9-4-13-25-19/h3-6,8-15,17H,2,7,16H2,1H3. The second kappa shape index (κ2) is 9.92. The van der Waals surface area contributed by atoms with Gasteiger partial charge in [0, 0.05) is 18.5 Å². The average Bonchev–Trinajstić information content (AvgIpc) is 3.50. The number of thiophene rings is 4. The summed E-state index contributed by atoms with van der Waals surface area (Å²) in [4.78, 5) is 0. The van der Waals surface area contributed by atoms with Crippen LogP contribution in [0.5, 0.6) is 0 Å². The fraction of sp³-hybridized carbons (Fsp3) is 0.238. The van der Waals surface area contributed by atoms with Gasteiger partial charge in [0.1, 0.15) is 0 Å². The zero-order valence-electron chi connectivity index (χ0n) is 15.2. The van der Waals surface area contributed by atoms with Crippen molar-refractivity contribution < 1.29 is 0 Å². The second-order valence-electron chi connectivity index (χ2n) is 6.23. The fourth-order valence-corrected chi connectivity index (χ4v) is 15.4. The molecule has 6 heteroatoms. The SMILES string of the molecule is CCCC(CP(c1cccs1)c1cccs1)P(c1cccs1)c1cccs1. The molecule has 0 saturated heterocycles. The van der Waals surface area contributed by atoms with Gasteiger partial charge in [-0.3, -0.25) is 0 Å². The molecule has 4 aromatic rings. The summed E-state index contributed by atoms with van der Waals surface area (Å²) in [6, 6.07) is 18.4. The number of hydrogen-bond donors (Lipinski definition) is 0. The molecule has 0 bridgehead atoms. The highest BCUT2D eigenvalue weighted by Crippen LogP contribution is 2.50. The number of hydrogen-bond acceptors (Lipinski definition) is 4. The molecule has 0 aliphatic rings. The molecular formula is C21H22P2S4. The van der Waals surface area contributed by atoms with Gasteiger partial charge in [0.25, 0.3) is 0 Å². The van der Waals surface area contributed by atoms with Crippen molar-refractivity contribution >= 4 is 79.7 Å². The Labute approximate surface area is 180 Å². The van der Waals surface area contributed by atoms with Crippen LogP contribution in [0.4, 0.5) is 0 Å². The minimum absolute atomic E-state index is 0.249. The molecule has 27 heavy (non-hydrogen) atoms. The van der Waals surface area contributed by atoms with E-state index >= 15 is 0 Å². The minimum Gasteiger partial charge on any atom is -0.144 e. The zero-order valence-corrected chi connectivity index (χ0v) is 20.2. The first-order valence-corrected chi connectivity index (χ1v) is 15.5. The molecule has 1 unspecified atom stereocenters. The van der Waals surface area contributed by atoms with Crippen LogP contribution in [0.25, 0.3) is 0 Å². The summed E-state index contributed by atoms with van der Waals surface area (Å²) in [5, 5.41) is 8.99. The topological polar surface area (TPSA) is 0 Å². The third-order valence-corrected chi connectivity index (χ3v) is 15.7. The van der Waals surface area contributed by atoms with E-state index < -0.39 is 0 Å². The van der Waals surface area contributed by atoms with Crippen molar-refractivity contribution in [1.82, 2.24) is 0 Å². The molecule has 1 atom stereocenters. The average molecular weight is 465 g/mol. The second-order valence-corrected chi connectivity index (χ2v) is 15.8. The third-order valence-electron chi connectivity index (χ3n) is 4.41. The Morgan fingerprint density at radius 3 is 1.52 bits per heavy atom. The summed E-state index contributed by atoms with van der Waals surface area (Å²) in [7, 11) is -0.517. The monoisotopic (exact) mass is 464 g/mol. The first-order valence-electron chi connectivity index (χ1n) is 9.07. The first kappa shape index (κ1) is 20.0. The first-order chi connectivity index (χ1) is 13.4. The molecule has 0 radical (unpaired) electrons. The van der Waals surface area contributed by atoms with Crippen LogP contribution in [0, 0.1) is 0 Å². The van der Waals surface area contributed by atoms with Gasteiger partial charge < -0.3 is 0 Å². The summed E-state index contributed by atoms with van der Waals surface area (Å²) in [5.74, 6) is 0. The van der Waals surface area contributed by atoms with E-state index in [4.69, 9.17) is 0 Å². The van der Waals surface area contributed by atoms with E-state index in [2.05, 4.69) is 77.0 Å². The van der Waals surface area contributed by atoms with E-state index in [0.717, 1.165) is 5.66 Å². The maximum absolute atomic E-state index is 2.37. The van der Waals surface area contributed by atoms with Gasteiger partial charge >= 0.3 is 0 Å².